The Kier molecular flexibility index (Phi) is 3.76. The Balaban J connectivity index is 1.46. The molecule has 3 heterocycles. The molecule has 2 aromatic rings. The molecule has 2 aliphatic heterocycles. The summed E-state index contributed by atoms with van der Waals surface area (Å²) in [5.41, 5.74) is 1.34. The second-order valence-corrected chi connectivity index (χ2v) is 6.13. The number of aromatic nitrogens is 1. The van der Waals surface area contributed by atoms with Crippen molar-refractivity contribution in [3.8, 4) is 11.5 Å². The van der Waals surface area contributed by atoms with E-state index in [2.05, 4.69) is 15.6 Å². The van der Waals surface area contributed by atoms with Crippen molar-refractivity contribution in [2.24, 2.45) is 0 Å². The van der Waals surface area contributed by atoms with E-state index >= 15 is 0 Å². The number of hydrogen-bond acceptors (Lipinski definition) is 7. The van der Waals surface area contributed by atoms with Crippen LogP contribution in [-0.4, -0.2) is 48.8 Å². The van der Waals surface area contributed by atoms with Crippen LogP contribution in [0.3, 0.4) is 0 Å². The summed E-state index contributed by atoms with van der Waals surface area (Å²) >= 11 is 1.41. The van der Waals surface area contributed by atoms with Crippen LogP contribution in [0.4, 0.5) is 10.8 Å². The Bertz CT molecular complexity index is 727. The number of nitrogens with zero attached hydrogens (tertiary/aromatic N) is 2. The van der Waals surface area contributed by atoms with Gasteiger partial charge in [0.25, 0.3) is 5.91 Å². The van der Waals surface area contributed by atoms with Crippen molar-refractivity contribution in [2.75, 3.05) is 38.3 Å². The molecule has 7 nitrogen and oxygen atoms in total. The number of ether oxygens (including phenoxy) is 2. The fourth-order valence-electron chi connectivity index (χ4n) is 2.56. The summed E-state index contributed by atoms with van der Waals surface area (Å²) in [6.07, 6.45) is 0. The minimum atomic E-state index is -0.0125. The van der Waals surface area contributed by atoms with Crippen LogP contribution in [0.1, 0.15) is 10.5 Å². The van der Waals surface area contributed by atoms with Crippen LogP contribution in [0.5, 0.6) is 11.5 Å². The standard InChI is InChI=1S/C15H16N4O3S/c20-14(19-5-3-16-4-6-19)11-8-23-15(18-11)17-10-1-2-12-13(7-10)22-9-21-12/h1-2,7-8,16H,3-6,9H2,(H,17,18). The van der Waals surface area contributed by atoms with E-state index in [1.807, 2.05) is 23.1 Å². The molecule has 1 amide bonds. The fraction of sp³-hybridized carbons (Fsp3) is 0.333. The predicted molar refractivity (Wildman–Crippen MR) is 86.7 cm³/mol. The van der Waals surface area contributed by atoms with Crippen LogP contribution in [0.15, 0.2) is 23.6 Å². The van der Waals surface area contributed by atoms with Crippen LogP contribution in [0.25, 0.3) is 0 Å². The number of rotatable bonds is 3. The lowest BCUT2D eigenvalue weighted by molar-refractivity contribution is 0.0731. The zero-order chi connectivity index (χ0) is 15.6. The Labute approximate surface area is 137 Å². The van der Waals surface area contributed by atoms with Crippen LogP contribution in [0.2, 0.25) is 0 Å². The summed E-state index contributed by atoms with van der Waals surface area (Å²) in [6.45, 7) is 3.36. The quantitative estimate of drug-likeness (QED) is 0.890. The van der Waals surface area contributed by atoms with Gasteiger partial charge in [0.2, 0.25) is 6.79 Å². The third kappa shape index (κ3) is 2.95. The molecule has 2 N–H and O–H groups in total. The number of fused-ring (bicyclic) bond motifs is 1. The number of nitrogens with one attached hydrogen (secondary N) is 2. The zero-order valence-corrected chi connectivity index (χ0v) is 13.2. The van der Waals surface area contributed by atoms with E-state index in [9.17, 15) is 4.79 Å². The largest absolute Gasteiger partial charge is 0.454 e. The van der Waals surface area contributed by atoms with E-state index in [-0.39, 0.29) is 12.7 Å². The summed E-state index contributed by atoms with van der Waals surface area (Å²) in [4.78, 5) is 18.6. The van der Waals surface area contributed by atoms with E-state index in [1.165, 1.54) is 11.3 Å². The summed E-state index contributed by atoms with van der Waals surface area (Å²) in [7, 11) is 0. The minimum Gasteiger partial charge on any atom is -0.454 e. The molecule has 0 aliphatic carbocycles. The summed E-state index contributed by atoms with van der Waals surface area (Å²) in [5, 5.41) is 8.91. The van der Waals surface area contributed by atoms with Crippen LogP contribution in [0, 0.1) is 0 Å². The number of anilines is 2. The SMILES string of the molecule is O=C(c1csc(Nc2ccc3c(c2)OCO3)n1)N1CCNCC1. The number of amides is 1. The molecule has 0 spiro atoms. The average Bonchev–Trinajstić information content (AvgIpc) is 3.24. The molecule has 1 aromatic heterocycles. The van der Waals surface area contributed by atoms with Gasteiger partial charge in [0, 0.05) is 43.3 Å². The molecule has 0 atom stereocenters. The topological polar surface area (TPSA) is 75.7 Å². The highest BCUT2D eigenvalue weighted by Gasteiger charge is 2.20. The summed E-state index contributed by atoms with van der Waals surface area (Å²) in [6, 6.07) is 5.61. The number of benzene rings is 1. The third-order valence-corrected chi connectivity index (χ3v) is 4.51. The van der Waals surface area contributed by atoms with Gasteiger partial charge in [-0.15, -0.1) is 11.3 Å². The number of carbonyl (C=O) groups is 1. The highest BCUT2D eigenvalue weighted by atomic mass is 32.1. The first-order valence-corrected chi connectivity index (χ1v) is 8.30. The van der Waals surface area contributed by atoms with Gasteiger partial charge in [-0.3, -0.25) is 4.79 Å². The first kappa shape index (κ1) is 14.3. The van der Waals surface area contributed by atoms with Gasteiger partial charge in [-0.2, -0.15) is 0 Å². The van der Waals surface area contributed by atoms with E-state index < -0.39 is 0 Å². The first-order valence-electron chi connectivity index (χ1n) is 7.42. The minimum absolute atomic E-state index is 0.0125. The normalized spacial score (nSPS) is 16.4. The van der Waals surface area contributed by atoms with Gasteiger partial charge in [0.05, 0.1) is 0 Å². The molecule has 2 aliphatic rings. The maximum Gasteiger partial charge on any atom is 0.273 e. The second-order valence-electron chi connectivity index (χ2n) is 5.27. The lowest BCUT2D eigenvalue weighted by atomic mass is 10.3. The van der Waals surface area contributed by atoms with Gasteiger partial charge in [-0.05, 0) is 12.1 Å². The maximum atomic E-state index is 12.4. The van der Waals surface area contributed by atoms with Gasteiger partial charge < -0.3 is 25.0 Å². The van der Waals surface area contributed by atoms with Gasteiger partial charge in [-0.25, -0.2) is 4.98 Å². The van der Waals surface area contributed by atoms with Gasteiger partial charge in [-0.1, -0.05) is 0 Å². The van der Waals surface area contributed by atoms with Crippen molar-refractivity contribution < 1.29 is 14.3 Å². The molecule has 4 rings (SSSR count). The fourth-order valence-corrected chi connectivity index (χ4v) is 3.26. The molecule has 23 heavy (non-hydrogen) atoms. The molecular formula is C15H16N4O3S. The van der Waals surface area contributed by atoms with Crippen molar-refractivity contribution in [1.29, 1.82) is 0 Å². The lowest BCUT2D eigenvalue weighted by Gasteiger charge is -2.26. The molecule has 1 saturated heterocycles. The summed E-state index contributed by atoms with van der Waals surface area (Å²) < 4.78 is 10.6. The second kappa shape index (κ2) is 6.05. The molecule has 0 radical (unpaired) electrons. The number of carbonyl (C=O) groups excluding carboxylic acids is 1. The highest BCUT2D eigenvalue weighted by Crippen LogP contribution is 2.35. The van der Waals surface area contributed by atoms with Crippen LogP contribution in [-0.2, 0) is 0 Å². The van der Waals surface area contributed by atoms with Crippen molar-refractivity contribution in [2.45, 2.75) is 0 Å². The molecule has 120 valence electrons. The van der Waals surface area contributed by atoms with E-state index in [0.717, 1.165) is 37.6 Å². The van der Waals surface area contributed by atoms with Crippen molar-refractivity contribution in [3.63, 3.8) is 0 Å². The summed E-state index contributed by atoms with van der Waals surface area (Å²) in [5.74, 6) is 1.44. The van der Waals surface area contributed by atoms with Crippen LogP contribution >= 0.6 is 11.3 Å². The molecule has 0 unspecified atom stereocenters. The Morgan fingerprint density at radius 3 is 2.96 bits per heavy atom. The smallest absolute Gasteiger partial charge is 0.273 e. The van der Waals surface area contributed by atoms with Crippen molar-refractivity contribution in [3.05, 3.63) is 29.3 Å². The Morgan fingerprint density at radius 1 is 1.26 bits per heavy atom. The molecule has 8 heteroatoms. The predicted octanol–water partition coefficient (Wildman–Crippen LogP) is 1.66. The van der Waals surface area contributed by atoms with Gasteiger partial charge in [0.1, 0.15) is 5.69 Å². The maximum absolute atomic E-state index is 12.4. The molecule has 0 bridgehead atoms. The van der Waals surface area contributed by atoms with E-state index in [1.54, 1.807) is 5.38 Å². The molecule has 0 saturated carbocycles. The third-order valence-electron chi connectivity index (χ3n) is 3.75. The highest BCUT2D eigenvalue weighted by molar-refractivity contribution is 7.14. The monoisotopic (exact) mass is 332 g/mol. The average molecular weight is 332 g/mol. The number of thiazole rings is 1. The molecule has 1 aromatic carbocycles. The first-order chi connectivity index (χ1) is 11.3. The molecule has 1 fully saturated rings. The van der Waals surface area contributed by atoms with Crippen molar-refractivity contribution >= 4 is 28.1 Å². The van der Waals surface area contributed by atoms with Crippen molar-refractivity contribution in [1.82, 2.24) is 15.2 Å². The molecular weight excluding hydrogens is 316 g/mol. The van der Waals surface area contributed by atoms with E-state index in [0.29, 0.717) is 16.6 Å². The lowest BCUT2D eigenvalue weighted by Crippen LogP contribution is -2.46. The number of hydrogen-bond donors (Lipinski definition) is 2. The van der Waals surface area contributed by atoms with Gasteiger partial charge in [0.15, 0.2) is 16.6 Å². The zero-order valence-electron chi connectivity index (χ0n) is 12.4. The van der Waals surface area contributed by atoms with Crippen LogP contribution < -0.4 is 20.1 Å². The number of piperazine rings is 1. The van der Waals surface area contributed by atoms with E-state index in [4.69, 9.17) is 9.47 Å². The Morgan fingerprint density at radius 2 is 2.09 bits per heavy atom. The van der Waals surface area contributed by atoms with Gasteiger partial charge >= 0.3 is 0 Å². The Hall–Kier alpha value is -2.32.